The molecule has 3 aliphatic rings. The summed E-state index contributed by atoms with van der Waals surface area (Å²) >= 11 is 0. The third-order valence-electron chi connectivity index (χ3n) is 6.13. The number of benzene rings is 1. The van der Waals surface area contributed by atoms with Crippen molar-refractivity contribution in [3.8, 4) is 0 Å². The standard InChI is InChI=1S/C19H26N2O6S2/c22-19-9-10-21(18-4-2-1-3-17(18)19)29(25,26)16-7-5-15(6-8-16)28(23,24)20-11-13-27-14-12-20/h5-8,17-18H,1-4,9-14H2/t17-,18-/m0/s1. The van der Waals surface area contributed by atoms with Gasteiger partial charge in [0.1, 0.15) is 5.78 Å². The van der Waals surface area contributed by atoms with Crippen LogP contribution in [0.1, 0.15) is 32.1 Å². The van der Waals surface area contributed by atoms with Crippen molar-refractivity contribution in [3.05, 3.63) is 24.3 Å². The first kappa shape index (κ1) is 20.9. The Morgan fingerprint density at radius 2 is 1.41 bits per heavy atom. The summed E-state index contributed by atoms with van der Waals surface area (Å²) in [6, 6.07) is 5.14. The predicted molar refractivity (Wildman–Crippen MR) is 105 cm³/mol. The number of sulfonamides is 2. The number of ketones is 1. The van der Waals surface area contributed by atoms with E-state index in [0.717, 1.165) is 19.3 Å². The number of morpholine rings is 1. The summed E-state index contributed by atoms with van der Waals surface area (Å²) < 4.78 is 60.0. The van der Waals surface area contributed by atoms with E-state index in [2.05, 4.69) is 0 Å². The molecule has 29 heavy (non-hydrogen) atoms. The normalized spacial score (nSPS) is 27.5. The molecule has 10 heteroatoms. The van der Waals surface area contributed by atoms with E-state index in [4.69, 9.17) is 4.74 Å². The number of hydrogen-bond donors (Lipinski definition) is 0. The lowest BCUT2D eigenvalue weighted by Crippen LogP contribution is -2.53. The summed E-state index contributed by atoms with van der Waals surface area (Å²) in [6.45, 7) is 1.46. The highest BCUT2D eigenvalue weighted by Gasteiger charge is 2.43. The molecule has 3 fully saturated rings. The number of piperidine rings is 1. The van der Waals surface area contributed by atoms with Crippen LogP contribution >= 0.6 is 0 Å². The van der Waals surface area contributed by atoms with Crippen molar-refractivity contribution in [1.29, 1.82) is 0 Å². The zero-order chi connectivity index (χ0) is 20.6. The van der Waals surface area contributed by atoms with Crippen LogP contribution < -0.4 is 0 Å². The third-order valence-corrected chi connectivity index (χ3v) is 9.98. The summed E-state index contributed by atoms with van der Waals surface area (Å²) in [4.78, 5) is 12.4. The molecule has 2 saturated heterocycles. The molecular weight excluding hydrogens is 416 g/mol. The summed E-state index contributed by atoms with van der Waals surface area (Å²) in [6.07, 6.45) is 3.54. The molecule has 1 aromatic carbocycles. The maximum absolute atomic E-state index is 13.2. The number of Topliss-reactive ketones (excluding diaryl/α,β-unsaturated/α-hetero) is 1. The molecule has 1 saturated carbocycles. The van der Waals surface area contributed by atoms with E-state index in [1.165, 1.54) is 32.9 Å². The molecule has 0 unspecified atom stereocenters. The molecule has 0 bridgehead atoms. The molecular formula is C19H26N2O6S2. The maximum atomic E-state index is 13.2. The van der Waals surface area contributed by atoms with E-state index in [1.54, 1.807) is 0 Å². The fourth-order valence-corrected chi connectivity index (χ4v) is 7.66. The molecule has 2 atom stereocenters. The van der Waals surface area contributed by atoms with Crippen LogP contribution in [-0.2, 0) is 29.6 Å². The van der Waals surface area contributed by atoms with Crippen molar-refractivity contribution in [3.63, 3.8) is 0 Å². The van der Waals surface area contributed by atoms with Crippen molar-refractivity contribution in [2.75, 3.05) is 32.8 Å². The number of carbonyl (C=O) groups excluding carboxylic acids is 1. The minimum absolute atomic E-state index is 0.0668. The van der Waals surface area contributed by atoms with Gasteiger partial charge in [-0.15, -0.1) is 0 Å². The second-order valence-corrected chi connectivity index (χ2v) is 11.6. The number of rotatable bonds is 4. The van der Waals surface area contributed by atoms with Crippen LogP contribution in [0.2, 0.25) is 0 Å². The van der Waals surface area contributed by atoms with Crippen LogP contribution in [0.15, 0.2) is 34.1 Å². The quantitative estimate of drug-likeness (QED) is 0.695. The topological polar surface area (TPSA) is 101 Å². The number of fused-ring (bicyclic) bond motifs is 1. The van der Waals surface area contributed by atoms with Crippen molar-refractivity contribution >= 4 is 25.8 Å². The van der Waals surface area contributed by atoms with E-state index < -0.39 is 20.0 Å². The lowest BCUT2D eigenvalue weighted by atomic mass is 9.79. The first-order valence-electron chi connectivity index (χ1n) is 10.0. The molecule has 0 radical (unpaired) electrons. The fourth-order valence-electron chi connectivity index (χ4n) is 4.56. The van der Waals surface area contributed by atoms with Crippen molar-refractivity contribution < 1.29 is 26.4 Å². The average Bonchev–Trinajstić information content (AvgIpc) is 2.75. The predicted octanol–water partition coefficient (Wildman–Crippen LogP) is 1.23. The van der Waals surface area contributed by atoms with Crippen molar-refractivity contribution in [2.45, 2.75) is 47.9 Å². The van der Waals surface area contributed by atoms with Gasteiger partial charge in [0.25, 0.3) is 0 Å². The largest absolute Gasteiger partial charge is 0.379 e. The third kappa shape index (κ3) is 3.88. The summed E-state index contributed by atoms with van der Waals surface area (Å²) in [5.74, 6) is -0.0543. The zero-order valence-corrected chi connectivity index (χ0v) is 17.8. The molecule has 4 rings (SSSR count). The van der Waals surface area contributed by atoms with E-state index in [0.29, 0.717) is 19.6 Å². The minimum Gasteiger partial charge on any atom is -0.379 e. The Kier molecular flexibility index (Phi) is 5.82. The van der Waals surface area contributed by atoms with Crippen LogP contribution in [0.3, 0.4) is 0 Å². The van der Waals surface area contributed by atoms with E-state index in [9.17, 15) is 21.6 Å². The Balaban J connectivity index is 1.58. The second kappa shape index (κ2) is 8.07. The highest BCUT2D eigenvalue weighted by Crippen LogP contribution is 2.36. The smallest absolute Gasteiger partial charge is 0.243 e. The maximum Gasteiger partial charge on any atom is 0.243 e. The highest BCUT2D eigenvalue weighted by atomic mass is 32.2. The number of nitrogens with zero attached hydrogens (tertiary/aromatic N) is 2. The number of carbonyl (C=O) groups is 1. The van der Waals surface area contributed by atoms with Gasteiger partial charge < -0.3 is 4.74 Å². The molecule has 1 aromatic rings. The number of ether oxygens (including phenoxy) is 1. The lowest BCUT2D eigenvalue weighted by Gasteiger charge is -2.42. The Bertz CT molecular complexity index is 968. The van der Waals surface area contributed by atoms with Gasteiger partial charge in [-0.2, -0.15) is 8.61 Å². The first-order chi connectivity index (χ1) is 13.8. The van der Waals surface area contributed by atoms with Gasteiger partial charge in [-0.25, -0.2) is 16.8 Å². The van der Waals surface area contributed by atoms with Gasteiger partial charge in [0, 0.05) is 38.0 Å². The van der Waals surface area contributed by atoms with Gasteiger partial charge in [0.2, 0.25) is 20.0 Å². The first-order valence-corrected chi connectivity index (χ1v) is 12.9. The molecule has 0 spiro atoms. The SMILES string of the molecule is O=C1CCN(S(=O)(=O)c2ccc(S(=O)(=O)N3CCOCC3)cc2)[C@H]2CCCC[C@H]12. The summed E-state index contributed by atoms with van der Waals surface area (Å²) in [5, 5.41) is 0. The number of hydrogen-bond acceptors (Lipinski definition) is 6. The molecule has 160 valence electrons. The molecule has 2 heterocycles. The fraction of sp³-hybridized carbons (Fsp3) is 0.632. The van der Waals surface area contributed by atoms with Gasteiger partial charge in [-0.3, -0.25) is 4.79 Å². The van der Waals surface area contributed by atoms with E-state index >= 15 is 0 Å². The van der Waals surface area contributed by atoms with Crippen LogP contribution in [0.5, 0.6) is 0 Å². The summed E-state index contributed by atoms with van der Waals surface area (Å²) in [7, 11) is -7.47. The van der Waals surface area contributed by atoms with Gasteiger partial charge >= 0.3 is 0 Å². The molecule has 8 nitrogen and oxygen atoms in total. The lowest BCUT2D eigenvalue weighted by molar-refractivity contribution is -0.128. The van der Waals surface area contributed by atoms with Crippen LogP contribution in [0.25, 0.3) is 0 Å². The van der Waals surface area contributed by atoms with Crippen molar-refractivity contribution in [1.82, 2.24) is 8.61 Å². The Hall–Kier alpha value is -1.33. The Labute approximate surface area is 171 Å². The molecule has 2 aliphatic heterocycles. The Morgan fingerprint density at radius 3 is 2.07 bits per heavy atom. The molecule has 0 N–H and O–H groups in total. The van der Waals surface area contributed by atoms with Gasteiger partial charge in [-0.1, -0.05) is 12.8 Å². The van der Waals surface area contributed by atoms with Gasteiger partial charge in [-0.05, 0) is 37.1 Å². The minimum atomic E-state index is -3.79. The second-order valence-electron chi connectivity index (χ2n) is 7.78. The zero-order valence-electron chi connectivity index (χ0n) is 16.2. The van der Waals surface area contributed by atoms with Gasteiger partial charge in [0.15, 0.2) is 0 Å². The Morgan fingerprint density at radius 1 is 0.828 bits per heavy atom. The van der Waals surface area contributed by atoms with Crippen LogP contribution in [0, 0.1) is 5.92 Å². The van der Waals surface area contributed by atoms with Crippen LogP contribution in [0.4, 0.5) is 0 Å². The summed E-state index contributed by atoms with van der Waals surface area (Å²) in [5.41, 5.74) is 0. The average molecular weight is 443 g/mol. The van der Waals surface area contributed by atoms with Crippen LogP contribution in [-0.4, -0.2) is 70.1 Å². The van der Waals surface area contributed by atoms with E-state index in [1.807, 2.05) is 0 Å². The van der Waals surface area contributed by atoms with Crippen molar-refractivity contribution in [2.24, 2.45) is 5.92 Å². The molecule has 1 aliphatic carbocycles. The highest BCUT2D eigenvalue weighted by molar-refractivity contribution is 7.89. The molecule has 0 amide bonds. The monoisotopic (exact) mass is 442 g/mol. The molecule has 0 aromatic heterocycles. The van der Waals surface area contributed by atoms with Gasteiger partial charge in [0.05, 0.1) is 23.0 Å². The van der Waals surface area contributed by atoms with E-state index in [-0.39, 0.29) is 53.6 Å².